The highest BCUT2D eigenvalue weighted by atomic mass is 19.4. The van der Waals surface area contributed by atoms with Crippen LogP contribution < -0.4 is 10.2 Å². The summed E-state index contributed by atoms with van der Waals surface area (Å²) >= 11 is 0. The molecule has 212 valence electrons. The number of Topliss-reactive ketones (excluding diaryl/α,β-unsaturated/α-hetero) is 1. The minimum absolute atomic E-state index is 0.00953. The van der Waals surface area contributed by atoms with Crippen molar-refractivity contribution in [3.05, 3.63) is 106 Å². The normalized spacial score (nSPS) is 21.1. The van der Waals surface area contributed by atoms with Crippen molar-refractivity contribution < 1.29 is 22.8 Å². The molecular formula is C34H33F3N2O2. The van der Waals surface area contributed by atoms with Gasteiger partial charge < -0.3 is 5.32 Å². The topological polar surface area (TPSA) is 49.4 Å². The maximum atomic E-state index is 14.1. The standard InChI is InChI=1S/C34H33F3N2O2/c1-33(2,3)24-14-10-20(11-15-24)23-18-27-30(29(40)19-23)31(21-12-16-25(17-13-21)34(35,36)37)39(32(41)22-8-9-22)28-7-5-4-6-26(28)38-27/h4-7,10-17,22-23,31,38H,8-9,18-19H2,1-3H3/t23-,31+/m0/s1. The van der Waals surface area contributed by atoms with Gasteiger partial charge in [0.05, 0.1) is 23.0 Å². The van der Waals surface area contributed by atoms with Gasteiger partial charge in [-0.1, -0.05) is 69.3 Å². The molecule has 2 atom stereocenters. The first-order valence-electron chi connectivity index (χ1n) is 14.1. The number of para-hydroxylation sites is 2. The number of rotatable bonds is 3. The molecule has 0 unspecified atom stereocenters. The van der Waals surface area contributed by atoms with Crippen molar-refractivity contribution in [2.24, 2.45) is 5.92 Å². The summed E-state index contributed by atoms with van der Waals surface area (Å²) in [5.41, 5.74) is 4.51. The first kappa shape index (κ1) is 27.3. The maximum Gasteiger partial charge on any atom is 0.416 e. The SMILES string of the molecule is CC(C)(C)c1ccc([C@@H]2CC(=O)C3=C(C2)Nc2ccccc2N(C(=O)C2CC2)[C@@H]3c2ccc(C(F)(F)F)cc2)cc1. The van der Waals surface area contributed by atoms with E-state index in [-0.39, 0.29) is 35.4 Å². The summed E-state index contributed by atoms with van der Waals surface area (Å²) in [4.78, 5) is 29.6. The van der Waals surface area contributed by atoms with E-state index >= 15 is 0 Å². The molecule has 0 saturated heterocycles. The summed E-state index contributed by atoms with van der Waals surface area (Å²) in [6.07, 6.45) is -2.16. The zero-order valence-electron chi connectivity index (χ0n) is 23.4. The van der Waals surface area contributed by atoms with Gasteiger partial charge in [-0.05, 0) is 71.6 Å². The van der Waals surface area contributed by atoms with Gasteiger partial charge in [0.15, 0.2) is 5.78 Å². The lowest BCUT2D eigenvalue weighted by atomic mass is 9.77. The molecule has 1 N–H and O–H groups in total. The van der Waals surface area contributed by atoms with Crippen molar-refractivity contribution in [3.8, 4) is 0 Å². The predicted octanol–water partition coefficient (Wildman–Crippen LogP) is 8.31. The summed E-state index contributed by atoms with van der Waals surface area (Å²) in [5.74, 6) is -0.427. The third-order valence-corrected chi connectivity index (χ3v) is 8.45. The first-order chi connectivity index (χ1) is 19.4. The highest BCUT2D eigenvalue weighted by Crippen LogP contribution is 2.49. The van der Waals surface area contributed by atoms with Crippen molar-refractivity contribution in [1.29, 1.82) is 0 Å². The average molecular weight is 559 g/mol. The molecule has 1 saturated carbocycles. The Labute approximate surface area is 238 Å². The number of carbonyl (C=O) groups is 2. The zero-order valence-corrected chi connectivity index (χ0v) is 23.4. The molecule has 3 aromatic rings. The molecule has 0 radical (unpaired) electrons. The Kier molecular flexibility index (Phi) is 6.59. The summed E-state index contributed by atoms with van der Waals surface area (Å²) in [7, 11) is 0. The van der Waals surface area contributed by atoms with Crippen LogP contribution in [0.3, 0.4) is 0 Å². The number of anilines is 2. The van der Waals surface area contributed by atoms with Crippen molar-refractivity contribution in [1.82, 2.24) is 0 Å². The van der Waals surface area contributed by atoms with Crippen LogP contribution in [0.4, 0.5) is 24.5 Å². The highest BCUT2D eigenvalue weighted by molar-refractivity contribution is 6.07. The van der Waals surface area contributed by atoms with Gasteiger partial charge in [-0.3, -0.25) is 14.5 Å². The average Bonchev–Trinajstić information content (AvgIpc) is 3.78. The van der Waals surface area contributed by atoms with Gasteiger partial charge in [-0.2, -0.15) is 13.2 Å². The summed E-state index contributed by atoms with van der Waals surface area (Å²) in [5, 5.41) is 3.49. The van der Waals surface area contributed by atoms with Gasteiger partial charge in [-0.25, -0.2) is 0 Å². The summed E-state index contributed by atoms with van der Waals surface area (Å²) in [6, 6.07) is 19.9. The number of benzene rings is 3. The largest absolute Gasteiger partial charge is 0.416 e. The van der Waals surface area contributed by atoms with E-state index in [0.29, 0.717) is 28.9 Å². The van der Waals surface area contributed by atoms with Crippen LogP contribution in [0.5, 0.6) is 0 Å². The highest BCUT2D eigenvalue weighted by Gasteiger charge is 2.45. The van der Waals surface area contributed by atoms with Crippen LogP contribution in [0.1, 0.15) is 80.7 Å². The monoisotopic (exact) mass is 558 g/mol. The Morgan fingerprint density at radius 3 is 2.05 bits per heavy atom. The minimum atomic E-state index is -4.49. The number of hydrogen-bond acceptors (Lipinski definition) is 3. The van der Waals surface area contributed by atoms with E-state index in [1.165, 1.54) is 17.7 Å². The van der Waals surface area contributed by atoms with Crippen molar-refractivity contribution in [2.45, 2.75) is 70.0 Å². The Morgan fingerprint density at radius 1 is 0.829 bits per heavy atom. The fraction of sp³-hybridized carbons (Fsp3) is 0.353. The van der Waals surface area contributed by atoms with Crippen LogP contribution in [0.25, 0.3) is 0 Å². The number of alkyl halides is 3. The first-order valence-corrected chi connectivity index (χ1v) is 14.1. The number of carbonyl (C=O) groups excluding carboxylic acids is 2. The fourth-order valence-electron chi connectivity index (χ4n) is 6.02. The van der Waals surface area contributed by atoms with E-state index in [1.807, 2.05) is 24.3 Å². The molecule has 6 rings (SSSR count). The smallest absolute Gasteiger partial charge is 0.357 e. The molecular weight excluding hydrogens is 525 g/mol. The third-order valence-electron chi connectivity index (χ3n) is 8.45. The molecule has 1 heterocycles. The summed E-state index contributed by atoms with van der Waals surface area (Å²) < 4.78 is 40.3. The molecule has 4 nitrogen and oxygen atoms in total. The zero-order chi connectivity index (χ0) is 29.1. The lowest BCUT2D eigenvalue weighted by Crippen LogP contribution is -2.39. The van der Waals surface area contributed by atoms with Crippen LogP contribution in [0, 0.1) is 5.92 Å². The van der Waals surface area contributed by atoms with E-state index in [4.69, 9.17) is 0 Å². The quantitative estimate of drug-likeness (QED) is 0.352. The Hall–Kier alpha value is -3.87. The lowest BCUT2D eigenvalue weighted by molar-refractivity contribution is -0.137. The van der Waals surface area contributed by atoms with Crippen LogP contribution in [0.15, 0.2) is 84.1 Å². The molecule has 1 aliphatic heterocycles. The number of fused-ring (bicyclic) bond motifs is 1. The number of hydrogen-bond donors (Lipinski definition) is 1. The molecule has 3 aliphatic rings. The molecule has 41 heavy (non-hydrogen) atoms. The van der Waals surface area contributed by atoms with Gasteiger partial charge in [0.25, 0.3) is 0 Å². The maximum absolute atomic E-state index is 14.1. The van der Waals surface area contributed by atoms with E-state index in [9.17, 15) is 22.8 Å². The Balaban J connectivity index is 1.48. The second-order valence-electron chi connectivity index (χ2n) is 12.4. The van der Waals surface area contributed by atoms with E-state index in [2.05, 4.69) is 50.4 Å². The van der Waals surface area contributed by atoms with Crippen LogP contribution in [0.2, 0.25) is 0 Å². The lowest BCUT2D eigenvalue weighted by Gasteiger charge is -2.35. The van der Waals surface area contributed by atoms with Gasteiger partial charge >= 0.3 is 6.18 Å². The van der Waals surface area contributed by atoms with Crippen molar-refractivity contribution >= 4 is 23.1 Å². The summed E-state index contributed by atoms with van der Waals surface area (Å²) in [6.45, 7) is 6.48. The number of halogens is 3. The number of nitrogens with one attached hydrogen (secondary N) is 1. The molecule has 0 spiro atoms. The Bertz CT molecular complexity index is 1530. The molecule has 1 fully saturated rings. The van der Waals surface area contributed by atoms with Crippen LogP contribution in [-0.4, -0.2) is 11.7 Å². The van der Waals surface area contributed by atoms with E-state index in [1.54, 1.807) is 4.90 Å². The Morgan fingerprint density at radius 2 is 1.44 bits per heavy atom. The molecule has 0 aromatic heterocycles. The van der Waals surface area contributed by atoms with Crippen molar-refractivity contribution in [3.63, 3.8) is 0 Å². The third kappa shape index (κ3) is 5.18. The molecule has 0 bridgehead atoms. The van der Waals surface area contributed by atoms with E-state index < -0.39 is 17.8 Å². The van der Waals surface area contributed by atoms with Gasteiger partial charge in [-0.15, -0.1) is 0 Å². The second-order valence-corrected chi connectivity index (χ2v) is 12.4. The van der Waals surface area contributed by atoms with Gasteiger partial charge in [0.2, 0.25) is 5.91 Å². The van der Waals surface area contributed by atoms with Gasteiger partial charge in [0, 0.05) is 23.6 Å². The number of nitrogens with zero attached hydrogens (tertiary/aromatic N) is 1. The molecule has 2 aliphatic carbocycles. The van der Waals surface area contributed by atoms with E-state index in [0.717, 1.165) is 36.2 Å². The van der Waals surface area contributed by atoms with Crippen LogP contribution >= 0.6 is 0 Å². The predicted molar refractivity (Wildman–Crippen MR) is 154 cm³/mol. The van der Waals surface area contributed by atoms with Gasteiger partial charge in [0.1, 0.15) is 0 Å². The minimum Gasteiger partial charge on any atom is -0.357 e. The van der Waals surface area contributed by atoms with Crippen LogP contribution in [-0.2, 0) is 21.2 Å². The second kappa shape index (κ2) is 9.89. The molecule has 1 amide bonds. The van der Waals surface area contributed by atoms with Crippen molar-refractivity contribution in [2.75, 3.05) is 10.2 Å². The number of ketones is 1. The molecule has 7 heteroatoms. The number of amides is 1. The number of allylic oxidation sites excluding steroid dienone is 1. The molecule has 3 aromatic carbocycles. The fourth-order valence-corrected chi connectivity index (χ4v) is 6.02.